The number of piperazine rings is 1. The van der Waals surface area contributed by atoms with Crippen LogP contribution in [-0.2, 0) is 27.7 Å². The molecule has 1 N–H and O–H groups in total. The quantitative estimate of drug-likeness (QED) is 0.765. The van der Waals surface area contributed by atoms with Gasteiger partial charge in [-0.3, -0.25) is 9.69 Å². The van der Waals surface area contributed by atoms with Crippen LogP contribution in [0, 0.1) is 5.92 Å². The van der Waals surface area contributed by atoms with Crippen LogP contribution < -0.4 is 5.32 Å². The van der Waals surface area contributed by atoms with E-state index in [-0.39, 0.29) is 5.91 Å². The highest BCUT2D eigenvalue weighted by atomic mass is 32.2. The Hall–Kier alpha value is -1.44. The molecule has 0 bridgehead atoms. The van der Waals surface area contributed by atoms with E-state index in [0.717, 1.165) is 25.7 Å². The molecule has 1 saturated heterocycles. The van der Waals surface area contributed by atoms with Crippen molar-refractivity contribution in [2.45, 2.75) is 44.4 Å². The zero-order valence-electron chi connectivity index (χ0n) is 16.4. The first-order valence-electron chi connectivity index (χ1n) is 9.97. The second-order valence-corrected chi connectivity index (χ2v) is 9.93. The van der Waals surface area contributed by atoms with Gasteiger partial charge in [-0.15, -0.1) is 0 Å². The Morgan fingerprint density at radius 2 is 1.81 bits per heavy atom. The molecule has 27 heavy (non-hydrogen) atoms. The van der Waals surface area contributed by atoms with Crippen molar-refractivity contribution in [1.82, 2.24) is 14.5 Å². The summed E-state index contributed by atoms with van der Waals surface area (Å²) in [6, 6.07) is 5.56. The third-order valence-electron chi connectivity index (χ3n) is 5.45. The molecule has 0 atom stereocenters. The van der Waals surface area contributed by atoms with Crippen LogP contribution in [0.5, 0.6) is 0 Å². The third kappa shape index (κ3) is 5.09. The molecule has 6 nitrogen and oxygen atoms in total. The van der Waals surface area contributed by atoms with Gasteiger partial charge in [0.1, 0.15) is 0 Å². The highest BCUT2D eigenvalue weighted by Gasteiger charge is 2.29. The number of benzene rings is 1. The second kappa shape index (κ2) is 8.71. The average Bonchev–Trinajstić information content (AvgIpc) is 3.09. The number of carbonyl (C=O) groups excluding carboxylic acids is 1. The van der Waals surface area contributed by atoms with E-state index >= 15 is 0 Å². The van der Waals surface area contributed by atoms with E-state index in [1.807, 2.05) is 17.0 Å². The molecule has 1 fully saturated rings. The van der Waals surface area contributed by atoms with Gasteiger partial charge < -0.3 is 5.32 Å². The largest absolute Gasteiger partial charge is 0.355 e. The zero-order valence-corrected chi connectivity index (χ0v) is 17.2. The van der Waals surface area contributed by atoms with Crippen molar-refractivity contribution in [2.24, 2.45) is 5.92 Å². The molecule has 0 spiro atoms. The average molecular weight is 394 g/mol. The Morgan fingerprint density at radius 1 is 1.11 bits per heavy atom. The number of nitrogens with zero attached hydrogens (tertiary/aromatic N) is 2. The van der Waals surface area contributed by atoms with Crippen molar-refractivity contribution in [3.63, 3.8) is 0 Å². The van der Waals surface area contributed by atoms with Crippen molar-refractivity contribution < 1.29 is 13.2 Å². The van der Waals surface area contributed by atoms with Crippen LogP contribution >= 0.6 is 0 Å². The second-order valence-electron chi connectivity index (χ2n) is 8.00. The lowest BCUT2D eigenvalue weighted by molar-refractivity contribution is -0.122. The number of fused-ring (bicyclic) bond motifs is 1. The molecule has 1 aromatic carbocycles. The van der Waals surface area contributed by atoms with Crippen LogP contribution in [0.2, 0.25) is 0 Å². The molecule has 0 saturated carbocycles. The first kappa shape index (κ1) is 20.3. The summed E-state index contributed by atoms with van der Waals surface area (Å²) >= 11 is 0. The maximum absolute atomic E-state index is 12.9. The summed E-state index contributed by atoms with van der Waals surface area (Å²) in [7, 11) is -3.45. The van der Waals surface area contributed by atoms with Crippen LogP contribution in [0.3, 0.4) is 0 Å². The number of sulfonamides is 1. The molecule has 2 aliphatic rings. The normalized spacial score (nSPS) is 18.6. The van der Waals surface area contributed by atoms with E-state index in [1.54, 1.807) is 10.4 Å². The number of hydrogen-bond acceptors (Lipinski definition) is 4. The van der Waals surface area contributed by atoms with Crippen LogP contribution in [0.4, 0.5) is 0 Å². The molecule has 1 aliphatic heterocycles. The van der Waals surface area contributed by atoms with Crippen LogP contribution in [0.1, 0.15) is 37.8 Å². The first-order chi connectivity index (χ1) is 12.9. The smallest absolute Gasteiger partial charge is 0.243 e. The number of aryl methyl sites for hydroxylation is 2. The summed E-state index contributed by atoms with van der Waals surface area (Å²) in [5.41, 5.74) is 2.45. The van der Waals surface area contributed by atoms with E-state index in [9.17, 15) is 13.2 Å². The molecular formula is C20H31N3O3S. The van der Waals surface area contributed by atoms with Crippen LogP contribution in [0.25, 0.3) is 0 Å². The zero-order chi connectivity index (χ0) is 19.4. The first-order valence-corrected chi connectivity index (χ1v) is 11.4. The minimum atomic E-state index is -3.45. The van der Waals surface area contributed by atoms with Crippen LogP contribution in [-0.4, -0.2) is 62.8 Å². The van der Waals surface area contributed by atoms with Gasteiger partial charge in [0.25, 0.3) is 0 Å². The van der Waals surface area contributed by atoms with Crippen molar-refractivity contribution in [1.29, 1.82) is 0 Å². The molecule has 1 aromatic rings. The fourth-order valence-corrected chi connectivity index (χ4v) is 5.22. The maximum Gasteiger partial charge on any atom is 0.243 e. The Kier molecular flexibility index (Phi) is 6.55. The molecule has 0 aromatic heterocycles. The lowest BCUT2D eigenvalue weighted by Crippen LogP contribution is -2.51. The van der Waals surface area contributed by atoms with Gasteiger partial charge in [-0.2, -0.15) is 4.31 Å². The lowest BCUT2D eigenvalue weighted by atomic mass is 10.1. The fourth-order valence-electron chi connectivity index (χ4n) is 3.74. The van der Waals surface area contributed by atoms with E-state index < -0.39 is 10.0 Å². The van der Waals surface area contributed by atoms with Crippen molar-refractivity contribution in [2.75, 3.05) is 39.3 Å². The number of carbonyl (C=O) groups is 1. The minimum Gasteiger partial charge on any atom is -0.355 e. The summed E-state index contributed by atoms with van der Waals surface area (Å²) in [6.45, 7) is 7.33. The van der Waals surface area contributed by atoms with Gasteiger partial charge in [0.05, 0.1) is 11.4 Å². The van der Waals surface area contributed by atoms with E-state index in [2.05, 4.69) is 19.2 Å². The van der Waals surface area contributed by atoms with Crippen LogP contribution in [0.15, 0.2) is 23.1 Å². The highest BCUT2D eigenvalue weighted by Crippen LogP contribution is 2.26. The summed E-state index contributed by atoms with van der Waals surface area (Å²) in [4.78, 5) is 14.4. The predicted molar refractivity (Wildman–Crippen MR) is 106 cm³/mol. The summed E-state index contributed by atoms with van der Waals surface area (Å²) in [5.74, 6) is 0.587. The number of nitrogens with one attached hydrogen (secondary N) is 1. The number of hydrogen-bond donors (Lipinski definition) is 1. The van der Waals surface area contributed by atoms with Gasteiger partial charge in [0, 0.05) is 32.7 Å². The van der Waals surface area contributed by atoms with E-state index in [1.165, 1.54) is 11.1 Å². The predicted octanol–water partition coefficient (Wildman–Crippen LogP) is 1.64. The Labute approximate surface area is 163 Å². The van der Waals surface area contributed by atoms with Crippen molar-refractivity contribution >= 4 is 15.9 Å². The van der Waals surface area contributed by atoms with Gasteiger partial charge in [0.15, 0.2) is 0 Å². The molecule has 0 radical (unpaired) electrons. The molecule has 150 valence electrons. The standard InChI is InChI=1S/C20H31N3O3S/c1-16(2)8-9-21-20(24)15-22-10-12-23(13-11-22)27(25,26)19-7-6-17-4-3-5-18(17)14-19/h6-7,14,16H,3-5,8-13,15H2,1-2H3,(H,21,24). The summed E-state index contributed by atoms with van der Waals surface area (Å²) in [6.07, 6.45) is 4.10. The minimum absolute atomic E-state index is 0.0191. The molecular weight excluding hydrogens is 362 g/mol. The van der Waals surface area contributed by atoms with Crippen molar-refractivity contribution in [3.05, 3.63) is 29.3 Å². The highest BCUT2D eigenvalue weighted by molar-refractivity contribution is 7.89. The Balaban J connectivity index is 1.52. The van der Waals surface area contributed by atoms with Gasteiger partial charge in [0.2, 0.25) is 15.9 Å². The third-order valence-corrected chi connectivity index (χ3v) is 7.34. The van der Waals surface area contributed by atoms with Gasteiger partial charge in [-0.05, 0) is 54.9 Å². The molecule has 7 heteroatoms. The number of rotatable bonds is 7. The lowest BCUT2D eigenvalue weighted by Gasteiger charge is -2.33. The molecule has 3 rings (SSSR count). The van der Waals surface area contributed by atoms with Gasteiger partial charge in [-0.25, -0.2) is 8.42 Å². The number of amides is 1. The molecule has 1 amide bonds. The van der Waals surface area contributed by atoms with E-state index in [4.69, 9.17) is 0 Å². The molecule has 1 aliphatic carbocycles. The molecule has 0 unspecified atom stereocenters. The van der Waals surface area contributed by atoms with E-state index in [0.29, 0.717) is 50.1 Å². The van der Waals surface area contributed by atoms with Gasteiger partial charge in [-0.1, -0.05) is 19.9 Å². The summed E-state index contributed by atoms with van der Waals surface area (Å²) in [5, 5.41) is 2.94. The topological polar surface area (TPSA) is 69.7 Å². The van der Waals surface area contributed by atoms with Crippen molar-refractivity contribution in [3.8, 4) is 0 Å². The Bertz CT molecular complexity index is 769. The SMILES string of the molecule is CC(C)CCNC(=O)CN1CCN(S(=O)(=O)c2ccc3c(c2)CCC3)CC1. The monoisotopic (exact) mass is 393 g/mol. The van der Waals surface area contributed by atoms with Gasteiger partial charge >= 0.3 is 0 Å². The molecule has 1 heterocycles. The summed E-state index contributed by atoms with van der Waals surface area (Å²) < 4.78 is 27.5. The maximum atomic E-state index is 12.9. The fraction of sp³-hybridized carbons (Fsp3) is 0.650. The Morgan fingerprint density at radius 3 is 2.52 bits per heavy atom.